The van der Waals surface area contributed by atoms with Crippen LogP contribution in [0.1, 0.15) is 28.8 Å². The van der Waals surface area contributed by atoms with E-state index in [0.29, 0.717) is 29.4 Å². The van der Waals surface area contributed by atoms with Gasteiger partial charge in [0.2, 0.25) is 5.76 Å². The number of para-hydroxylation sites is 2. The van der Waals surface area contributed by atoms with Gasteiger partial charge in [0.1, 0.15) is 12.4 Å². The van der Waals surface area contributed by atoms with Crippen molar-refractivity contribution in [2.45, 2.75) is 20.5 Å². The molecule has 5 heteroatoms. The minimum atomic E-state index is -1.09. The third-order valence-electron chi connectivity index (χ3n) is 2.76. The van der Waals surface area contributed by atoms with Gasteiger partial charge in [-0.25, -0.2) is 4.79 Å². The molecule has 1 aromatic carbocycles. The highest BCUT2D eigenvalue weighted by atomic mass is 16.5. The lowest BCUT2D eigenvalue weighted by Crippen LogP contribution is -1.99. The van der Waals surface area contributed by atoms with Crippen LogP contribution in [0.25, 0.3) is 0 Å². The summed E-state index contributed by atoms with van der Waals surface area (Å²) >= 11 is 0. The van der Waals surface area contributed by atoms with Gasteiger partial charge in [0.05, 0.1) is 6.61 Å². The van der Waals surface area contributed by atoms with Gasteiger partial charge in [0, 0.05) is 5.56 Å². The SMILES string of the molecule is CCOc1ccccc1OCc1cc(C(=O)O)oc1C. The van der Waals surface area contributed by atoms with E-state index in [1.54, 1.807) is 13.0 Å². The Balaban J connectivity index is 2.11. The highest BCUT2D eigenvalue weighted by molar-refractivity contribution is 5.84. The molecule has 0 radical (unpaired) electrons. The van der Waals surface area contributed by atoms with Gasteiger partial charge in [0.15, 0.2) is 11.5 Å². The van der Waals surface area contributed by atoms with Gasteiger partial charge < -0.3 is 19.0 Å². The lowest BCUT2D eigenvalue weighted by atomic mass is 10.2. The minimum Gasteiger partial charge on any atom is -0.490 e. The van der Waals surface area contributed by atoms with Crippen molar-refractivity contribution in [3.8, 4) is 11.5 Å². The first-order valence-electron chi connectivity index (χ1n) is 6.29. The molecule has 0 aliphatic heterocycles. The Morgan fingerprint density at radius 1 is 1.25 bits per heavy atom. The summed E-state index contributed by atoms with van der Waals surface area (Å²) < 4.78 is 16.3. The number of aromatic carboxylic acids is 1. The molecule has 2 aromatic rings. The molecule has 1 heterocycles. The lowest BCUT2D eigenvalue weighted by Gasteiger charge is -2.10. The first-order valence-corrected chi connectivity index (χ1v) is 6.29. The second-order valence-corrected chi connectivity index (χ2v) is 4.17. The van der Waals surface area contributed by atoms with E-state index in [1.807, 2.05) is 25.1 Å². The van der Waals surface area contributed by atoms with Gasteiger partial charge in [-0.1, -0.05) is 12.1 Å². The van der Waals surface area contributed by atoms with Crippen LogP contribution < -0.4 is 9.47 Å². The average molecular weight is 276 g/mol. The number of carboxylic acid groups (broad SMARTS) is 1. The van der Waals surface area contributed by atoms with E-state index in [-0.39, 0.29) is 12.4 Å². The van der Waals surface area contributed by atoms with Crippen molar-refractivity contribution >= 4 is 5.97 Å². The number of benzene rings is 1. The number of hydrogen-bond donors (Lipinski definition) is 1. The Bertz CT molecular complexity index is 600. The molecule has 2 rings (SSSR count). The molecule has 0 saturated heterocycles. The van der Waals surface area contributed by atoms with Gasteiger partial charge in [0.25, 0.3) is 0 Å². The van der Waals surface area contributed by atoms with Gasteiger partial charge in [-0.15, -0.1) is 0 Å². The van der Waals surface area contributed by atoms with Crippen LogP contribution in [0.5, 0.6) is 11.5 Å². The normalized spacial score (nSPS) is 10.3. The van der Waals surface area contributed by atoms with Gasteiger partial charge in [-0.3, -0.25) is 0 Å². The zero-order chi connectivity index (χ0) is 14.5. The fourth-order valence-corrected chi connectivity index (χ4v) is 1.77. The third kappa shape index (κ3) is 3.12. The van der Waals surface area contributed by atoms with E-state index < -0.39 is 5.97 Å². The molecule has 0 bridgehead atoms. The molecule has 20 heavy (non-hydrogen) atoms. The molecule has 0 atom stereocenters. The van der Waals surface area contributed by atoms with Crippen LogP contribution >= 0.6 is 0 Å². The Morgan fingerprint density at radius 2 is 1.90 bits per heavy atom. The van der Waals surface area contributed by atoms with Crippen LogP contribution in [0, 0.1) is 6.92 Å². The topological polar surface area (TPSA) is 68.9 Å². The Labute approximate surface area is 116 Å². The molecule has 0 amide bonds. The second kappa shape index (κ2) is 6.14. The van der Waals surface area contributed by atoms with E-state index in [9.17, 15) is 4.79 Å². The summed E-state index contributed by atoms with van der Waals surface area (Å²) in [5.41, 5.74) is 0.703. The quantitative estimate of drug-likeness (QED) is 0.877. The highest BCUT2D eigenvalue weighted by Crippen LogP contribution is 2.28. The van der Waals surface area contributed by atoms with E-state index in [2.05, 4.69) is 0 Å². The molecule has 1 aromatic heterocycles. The van der Waals surface area contributed by atoms with Crippen LogP contribution in [-0.2, 0) is 6.61 Å². The number of furan rings is 1. The highest BCUT2D eigenvalue weighted by Gasteiger charge is 2.14. The number of ether oxygens (including phenoxy) is 2. The smallest absolute Gasteiger partial charge is 0.371 e. The summed E-state index contributed by atoms with van der Waals surface area (Å²) in [6.07, 6.45) is 0. The van der Waals surface area contributed by atoms with E-state index >= 15 is 0 Å². The Morgan fingerprint density at radius 3 is 2.45 bits per heavy atom. The average Bonchev–Trinajstić information content (AvgIpc) is 2.80. The summed E-state index contributed by atoms with van der Waals surface area (Å²) in [5.74, 6) is 0.644. The van der Waals surface area contributed by atoms with E-state index in [1.165, 1.54) is 6.07 Å². The first kappa shape index (κ1) is 14.0. The molecule has 0 aliphatic rings. The van der Waals surface area contributed by atoms with Crippen molar-refractivity contribution in [2.24, 2.45) is 0 Å². The van der Waals surface area contributed by atoms with Crippen LogP contribution in [0.2, 0.25) is 0 Å². The molecule has 5 nitrogen and oxygen atoms in total. The number of hydrogen-bond acceptors (Lipinski definition) is 4. The first-order chi connectivity index (χ1) is 9.61. The molecular formula is C15H16O5. The molecule has 0 saturated carbocycles. The lowest BCUT2D eigenvalue weighted by molar-refractivity contribution is 0.0661. The van der Waals surface area contributed by atoms with E-state index in [0.717, 1.165) is 0 Å². The van der Waals surface area contributed by atoms with Crippen LogP contribution in [0.15, 0.2) is 34.7 Å². The number of carboxylic acids is 1. The van der Waals surface area contributed by atoms with Crippen LogP contribution in [0.4, 0.5) is 0 Å². The minimum absolute atomic E-state index is 0.0841. The maximum atomic E-state index is 10.8. The molecule has 0 fully saturated rings. The van der Waals surface area contributed by atoms with Gasteiger partial charge in [-0.05, 0) is 32.0 Å². The molecular weight excluding hydrogens is 260 g/mol. The van der Waals surface area contributed by atoms with Crippen molar-refractivity contribution in [3.63, 3.8) is 0 Å². The van der Waals surface area contributed by atoms with Crippen molar-refractivity contribution in [1.82, 2.24) is 0 Å². The van der Waals surface area contributed by atoms with Gasteiger partial charge >= 0.3 is 5.97 Å². The predicted octanol–water partition coefficient (Wildman–Crippen LogP) is 3.26. The predicted molar refractivity (Wildman–Crippen MR) is 72.3 cm³/mol. The second-order valence-electron chi connectivity index (χ2n) is 4.17. The van der Waals surface area contributed by atoms with E-state index in [4.69, 9.17) is 19.0 Å². The van der Waals surface area contributed by atoms with Gasteiger partial charge in [-0.2, -0.15) is 0 Å². The maximum Gasteiger partial charge on any atom is 0.371 e. The summed E-state index contributed by atoms with van der Waals surface area (Å²) in [4.78, 5) is 10.8. The summed E-state index contributed by atoms with van der Waals surface area (Å²) in [6.45, 7) is 4.39. The molecule has 106 valence electrons. The zero-order valence-corrected chi connectivity index (χ0v) is 11.4. The summed E-state index contributed by atoms with van der Waals surface area (Å²) in [7, 11) is 0. The summed E-state index contributed by atoms with van der Waals surface area (Å²) in [6, 6.07) is 8.81. The zero-order valence-electron chi connectivity index (χ0n) is 11.4. The maximum absolute atomic E-state index is 10.8. The molecule has 0 spiro atoms. The Kier molecular flexibility index (Phi) is 4.30. The molecule has 1 N–H and O–H groups in total. The van der Waals surface area contributed by atoms with Crippen LogP contribution in [0.3, 0.4) is 0 Å². The number of carbonyl (C=O) groups is 1. The fraction of sp³-hybridized carbons (Fsp3) is 0.267. The third-order valence-corrected chi connectivity index (χ3v) is 2.76. The number of aryl methyl sites for hydroxylation is 1. The summed E-state index contributed by atoms with van der Waals surface area (Å²) in [5, 5.41) is 8.87. The van der Waals surface area contributed by atoms with Crippen molar-refractivity contribution < 1.29 is 23.8 Å². The largest absolute Gasteiger partial charge is 0.490 e. The fourth-order valence-electron chi connectivity index (χ4n) is 1.77. The molecule has 0 unspecified atom stereocenters. The standard InChI is InChI=1S/C15H16O5/c1-3-18-12-6-4-5-7-13(12)19-9-11-8-14(15(16)17)20-10(11)2/h4-8H,3,9H2,1-2H3,(H,16,17). The monoisotopic (exact) mass is 276 g/mol. The van der Waals surface area contributed by atoms with Crippen LogP contribution in [-0.4, -0.2) is 17.7 Å². The van der Waals surface area contributed by atoms with Crippen molar-refractivity contribution in [1.29, 1.82) is 0 Å². The van der Waals surface area contributed by atoms with Crippen molar-refractivity contribution in [2.75, 3.05) is 6.61 Å². The Hall–Kier alpha value is -2.43. The van der Waals surface area contributed by atoms with Crippen molar-refractivity contribution in [3.05, 3.63) is 47.4 Å². The number of rotatable bonds is 6. The molecule has 0 aliphatic carbocycles.